The molecule has 0 heterocycles. The standard InChI is InChI=1S/C7H15NO3/c1-2-3-11-5-6(9)4-7(8)10/h6,9H,2-5H2,1H3,(H2,8,10). The van der Waals surface area contributed by atoms with Gasteiger partial charge in [0.2, 0.25) is 5.91 Å². The van der Waals surface area contributed by atoms with Crippen molar-refractivity contribution in [3.05, 3.63) is 0 Å². The van der Waals surface area contributed by atoms with Crippen molar-refractivity contribution in [2.24, 2.45) is 5.73 Å². The van der Waals surface area contributed by atoms with Crippen LogP contribution >= 0.6 is 0 Å². The molecule has 0 aromatic heterocycles. The number of hydrogen-bond acceptors (Lipinski definition) is 3. The van der Waals surface area contributed by atoms with Crippen LogP contribution in [0.2, 0.25) is 0 Å². The van der Waals surface area contributed by atoms with E-state index in [1.807, 2.05) is 6.92 Å². The van der Waals surface area contributed by atoms with Crippen molar-refractivity contribution >= 4 is 5.91 Å². The molecule has 4 heteroatoms. The van der Waals surface area contributed by atoms with Gasteiger partial charge in [0.25, 0.3) is 0 Å². The minimum atomic E-state index is -0.751. The highest BCUT2D eigenvalue weighted by atomic mass is 16.5. The van der Waals surface area contributed by atoms with Crippen LogP contribution in [0.15, 0.2) is 0 Å². The molecule has 0 bridgehead atoms. The molecule has 0 aromatic carbocycles. The van der Waals surface area contributed by atoms with E-state index in [2.05, 4.69) is 0 Å². The summed E-state index contributed by atoms with van der Waals surface area (Å²) >= 11 is 0. The van der Waals surface area contributed by atoms with Crippen molar-refractivity contribution in [1.29, 1.82) is 0 Å². The molecular formula is C7H15NO3. The van der Waals surface area contributed by atoms with E-state index in [1.54, 1.807) is 0 Å². The largest absolute Gasteiger partial charge is 0.390 e. The van der Waals surface area contributed by atoms with E-state index in [0.717, 1.165) is 6.42 Å². The first-order chi connectivity index (χ1) is 5.16. The van der Waals surface area contributed by atoms with E-state index in [-0.39, 0.29) is 13.0 Å². The highest BCUT2D eigenvalue weighted by Crippen LogP contribution is 1.92. The van der Waals surface area contributed by atoms with E-state index in [9.17, 15) is 4.79 Å². The van der Waals surface area contributed by atoms with Gasteiger partial charge in [-0.25, -0.2) is 0 Å². The molecule has 11 heavy (non-hydrogen) atoms. The number of aliphatic hydroxyl groups excluding tert-OH is 1. The average Bonchev–Trinajstić information content (AvgIpc) is 1.86. The van der Waals surface area contributed by atoms with Gasteiger partial charge in [-0.05, 0) is 6.42 Å². The van der Waals surface area contributed by atoms with Gasteiger partial charge < -0.3 is 15.6 Å². The molecule has 1 unspecified atom stereocenters. The van der Waals surface area contributed by atoms with Crippen LogP contribution in [0.25, 0.3) is 0 Å². The van der Waals surface area contributed by atoms with Crippen LogP contribution in [-0.4, -0.2) is 30.3 Å². The Morgan fingerprint density at radius 3 is 2.82 bits per heavy atom. The summed E-state index contributed by atoms with van der Waals surface area (Å²) < 4.78 is 4.99. The lowest BCUT2D eigenvalue weighted by Gasteiger charge is -2.07. The molecule has 0 saturated heterocycles. The van der Waals surface area contributed by atoms with Gasteiger partial charge in [0.15, 0.2) is 0 Å². The number of amides is 1. The lowest BCUT2D eigenvalue weighted by molar-refractivity contribution is -0.120. The van der Waals surface area contributed by atoms with Gasteiger partial charge in [0.1, 0.15) is 0 Å². The molecule has 4 nitrogen and oxygen atoms in total. The van der Waals surface area contributed by atoms with Gasteiger partial charge in [0, 0.05) is 6.61 Å². The number of carbonyl (C=O) groups is 1. The molecule has 0 fully saturated rings. The van der Waals surface area contributed by atoms with Gasteiger partial charge in [0.05, 0.1) is 19.1 Å². The number of ether oxygens (including phenoxy) is 1. The second-order valence-corrected chi connectivity index (χ2v) is 2.40. The Kier molecular flexibility index (Phi) is 5.78. The van der Waals surface area contributed by atoms with Crippen LogP contribution in [0.5, 0.6) is 0 Å². The smallest absolute Gasteiger partial charge is 0.220 e. The summed E-state index contributed by atoms with van der Waals surface area (Å²) in [6.07, 6.45) is 0.131. The molecule has 0 aliphatic carbocycles. The molecule has 0 aromatic rings. The zero-order chi connectivity index (χ0) is 8.69. The zero-order valence-electron chi connectivity index (χ0n) is 6.75. The molecular weight excluding hydrogens is 146 g/mol. The predicted octanol–water partition coefficient (Wildman–Crippen LogP) is -0.351. The van der Waals surface area contributed by atoms with Crippen LogP contribution in [0.3, 0.4) is 0 Å². The Labute approximate surface area is 66.3 Å². The molecule has 0 radical (unpaired) electrons. The van der Waals surface area contributed by atoms with Crippen molar-refractivity contribution in [2.45, 2.75) is 25.9 Å². The minimum Gasteiger partial charge on any atom is -0.390 e. The molecule has 1 amide bonds. The third kappa shape index (κ3) is 7.29. The lowest BCUT2D eigenvalue weighted by atomic mass is 10.2. The number of nitrogens with two attached hydrogens (primary N) is 1. The van der Waals surface area contributed by atoms with Crippen LogP contribution in [0.4, 0.5) is 0 Å². The number of carbonyl (C=O) groups excluding carboxylic acids is 1. The third-order valence-electron chi connectivity index (χ3n) is 1.10. The molecule has 0 aliphatic heterocycles. The second-order valence-electron chi connectivity index (χ2n) is 2.40. The molecule has 0 saturated carbocycles. The SMILES string of the molecule is CCCOCC(O)CC(N)=O. The number of rotatable bonds is 6. The van der Waals surface area contributed by atoms with E-state index < -0.39 is 12.0 Å². The fourth-order valence-corrected chi connectivity index (χ4v) is 0.655. The topological polar surface area (TPSA) is 72.6 Å². The van der Waals surface area contributed by atoms with Gasteiger partial charge in [-0.15, -0.1) is 0 Å². The van der Waals surface area contributed by atoms with Crippen molar-refractivity contribution < 1.29 is 14.6 Å². The van der Waals surface area contributed by atoms with Crippen LogP contribution in [0.1, 0.15) is 19.8 Å². The fourth-order valence-electron chi connectivity index (χ4n) is 0.655. The van der Waals surface area contributed by atoms with Crippen LogP contribution in [0, 0.1) is 0 Å². The summed E-state index contributed by atoms with van der Waals surface area (Å²) in [5, 5.41) is 9.02. The average molecular weight is 161 g/mol. The summed E-state index contributed by atoms with van der Waals surface area (Å²) in [7, 11) is 0. The quantitative estimate of drug-likeness (QED) is 0.523. The first-order valence-electron chi connectivity index (χ1n) is 3.71. The predicted molar refractivity (Wildman–Crippen MR) is 40.9 cm³/mol. The fraction of sp³-hybridized carbons (Fsp3) is 0.857. The van der Waals surface area contributed by atoms with Crippen molar-refractivity contribution in [2.75, 3.05) is 13.2 Å². The molecule has 66 valence electrons. The number of hydrogen-bond donors (Lipinski definition) is 2. The Hall–Kier alpha value is -0.610. The van der Waals surface area contributed by atoms with E-state index in [1.165, 1.54) is 0 Å². The molecule has 3 N–H and O–H groups in total. The maximum atomic E-state index is 10.2. The maximum absolute atomic E-state index is 10.2. The van der Waals surface area contributed by atoms with Crippen molar-refractivity contribution in [3.8, 4) is 0 Å². The van der Waals surface area contributed by atoms with Gasteiger partial charge in [-0.2, -0.15) is 0 Å². The highest BCUT2D eigenvalue weighted by Gasteiger charge is 2.06. The van der Waals surface area contributed by atoms with E-state index >= 15 is 0 Å². The first kappa shape index (κ1) is 10.4. The molecule has 0 spiro atoms. The summed E-state index contributed by atoms with van der Waals surface area (Å²) in [6, 6.07) is 0. The highest BCUT2D eigenvalue weighted by molar-refractivity contribution is 5.74. The molecule has 0 aliphatic rings. The zero-order valence-corrected chi connectivity index (χ0v) is 6.75. The minimum absolute atomic E-state index is 0.0241. The number of primary amides is 1. The summed E-state index contributed by atoms with van der Waals surface area (Å²) in [4.78, 5) is 10.2. The molecule has 1 atom stereocenters. The normalized spacial score (nSPS) is 12.9. The lowest BCUT2D eigenvalue weighted by Crippen LogP contribution is -2.24. The second kappa shape index (κ2) is 6.12. The summed E-state index contributed by atoms with van der Waals surface area (Å²) in [6.45, 7) is 2.77. The summed E-state index contributed by atoms with van der Waals surface area (Å²) in [5.74, 6) is -0.502. The van der Waals surface area contributed by atoms with Gasteiger partial charge >= 0.3 is 0 Å². The Morgan fingerprint density at radius 2 is 2.36 bits per heavy atom. The number of aliphatic hydroxyl groups is 1. The van der Waals surface area contributed by atoms with Crippen LogP contribution in [-0.2, 0) is 9.53 Å². The Balaban J connectivity index is 3.22. The monoisotopic (exact) mass is 161 g/mol. The van der Waals surface area contributed by atoms with E-state index in [0.29, 0.717) is 6.61 Å². The van der Waals surface area contributed by atoms with Gasteiger partial charge in [-0.3, -0.25) is 4.79 Å². The maximum Gasteiger partial charge on any atom is 0.220 e. The Bertz CT molecular complexity index is 116. The first-order valence-corrected chi connectivity index (χ1v) is 3.71. The third-order valence-corrected chi connectivity index (χ3v) is 1.10. The van der Waals surface area contributed by atoms with Crippen LogP contribution < -0.4 is 5.73 Å². The van der Waals surface area contributed by atoms with Crippen molar-refractivity contribution in [1.82, 2.24) is 0 Å². The molecule has 0 rings (SSSR count). The van der Waals surface area contributed by atoms with Gasteiger partial charge in [-0.1, -0.05) is 6.92 Å². The summed E-state index contributed by atoms with van der Waals surface area (Å²) in [5.41, 5.74) is 4.84. The van der Waals surface area contributed by atoms with Crippen molar-refractivity contribution in [3.63, 3.8) is 0 Å². The Morgan fingerprint density at radius 1 is 1.73 bits per heavy atom. The van der Waals surface area contributed by atoms with E-state index in [4.69, 9.17) is 15.6 Å².